The maximum Gasteiger partial charge on any atom is 0.275 e. The molecule has 7 heteroatoms. The van der Waals surface area contributed by atoms with Gasteiger partial charge in [0.05, 0.1) is 19.3 Å². The highest BCUT2D eigenvalue weighted by atomic mass is 35.5. The molecule has 0 saturated carbocycles. The second-order valence-electron chi connectivity index (χ2n) is 6.67. The van der Waals surface area contributed by atoms with Crippen molar-refractivity contribution in [2.75, 3.05) is 13.6 Å². The quantitative estimate of drug-likeness (QED) is 0.680. The first-order valence-electron chi connectivity index (χ1n) is 8.73. The van der Waals surface area contributed by atoms with Crippen molar-refractivity contribution >= 4 is 17.5 Å². The average Bonchev–Trinajstić information content (AvgIpc) is 3.27. The van der Waals surface area contributed by atoms with Crippen LogP contribution in [0.5, 0.6) is 5.75 Å². The molecule has 2 heterocycles. The average molecular weight is 383 g/mol. The summed E-state index contributed by atoms with van der Waals surface area (Å²) >= 11 is 6.00. The molecule has 4 rings (SSSR count). The number of carbonyl (C=O) groups excluding carboxylic acids is 1. The summed E-state index contributed by atoms with van der Waals surface area (Å²) in [6, 6.07) is 15.5. The van der Waals surface area contributed by atoms with Crippen LogP contribution in [0, 0.1) is 0 Å². The maximum absolute atomic E-state index is 12.7. The summed E-state index contributed by atoms with van der Waals surface area (Å²) < 4.78 is 7.54. The van der Waals surface area contributed by atoms with E-state index < -0.39 is 0 Å². The van der Waals surface area contributed by atoms with Gasteiger partial charge in [-0.15, -0.1) is 5.10 Å². The third-order valence-electron chi connectivity index (χ3n) is 4.53. The molecule has 0 radical (unpaired) electrons. The monoisotopic (exact) mass is 382 g/mol. The fourth-order valence-electron chi connectivity index (χ4n) is 3.24. The summed E-state index contributed by atoms with van der Waals surface area (Å²) in [5.74, 6) is 0.725. The molecule has 27 heavy (non-hydrogen) atoms. The molecule has 0 fully saturated rings. The molecule has 1 amide bonds. The van der Waals surface area contributed by atoms with Crippen molar-refractivity contribution in [3.05, 3.63) is 76.6 Å². The number of aromatic nitrogens is 3. The number of benzene rings is 2. The highest BCUT2D eigenvalue weighted by Gasteiger charge is 2.26. The zero-order valence-corrected chi connectivity index (χ0v) is 15.6. The summed E-state index contributed by atoms with van der Waals surface area (Å²) in [6.07, 6.45) is 2.41. The van der Waals surface area contributed by atoms with Crippen LogP contribution >= 0.6 is 11.6 Å². The largest absolute Gasteiger partial charge is 0.488 e. The van der Waals surface area contributed by atoms with Gasteiger partial charge in [-0.25, -0.2) is 4.68 Å². The summed E-state index contributed by atoms with van der Waals surface area (Å²) in [4.78, 5) is 14.3. The van der Waals surface area contributed by atoms with Crippen LogP contribution in [0.4, 0.5) is 0 Å². The SMILES string of the molecule is CN(CC1Cc2ccccc2O1)C(=O)c1cn(Cc2cccc(Cl)c2)nn1. The van der Waals surface area contributed by atoms with Gasteiger partial charge >= 0.3 is 0 Å². The second kappa shape index (κ2) is 7.40. The fraction of sp³-hybridized carbons (Fsp3) is 0.250. The van der Waals surface area contributed by atoms with Crippen LogP contribution in [0.1, 0.15) is 21.6 Å². The van der Waals surface area contributed by atoms with E-state index in [1.54, 1.807) is 22.8 Å². The number of hydrogen-bond acceptors (Lipinski definition) is 4. The summed E-state index contributed by atoms with van der Waals surface area (Å²) in [5.41, 5.74) is 2.49. The Hall–Kier alpha value is -2.86. The molecule has 3 aromatic rings. The van der Waals surface area contributed by atoms with Crippen LogP contribution in [-0.4, -0.2) is 45.5 Å². The van der Waals surface area contributed by atoms with Crippen molar-refractivity contribution in [3.8, 4) is 5.75 Å². The molecule has 138 valence electrons. The Morgan fingerprint density at radius 1 is 1.30 bits per heavy atom. The topological polar surface area (TPSA) is 60.2 Å². The number of nitrogens with zero attached hydrogens (tertiary/aromatic N) is 4. The molecule has 1 atom stereocenters. The first-order valence-corrected chi connectivity index (χ1v) is 9.11. The van der Waals surface area contributed by atoms with E-state index >= 15 is 0 Å². The Kier molecular flexibility index (Phi) is 4.81. The molecule has 0 N–H and O–H groups in total. The van der Waals surface area contributed by atoms with E-state index in [-0.39, 0.29) is 12.0 Å². The molecule has 0 aliphatic carbocycles. The van der Waals surface area contributed by atoms with Gasteiger partial charge in [-0.3, -0.25) is 4.79 Å². The minimum absolute atomic E-state index is 0.0437. The molecule has 0 bridgehead atoms. The van der Waals surface area contributed by atoms with E-state index in [0.29, 0.717) is 23.8 Å². The third kappa shape index (κ3) is 3.95. The molecule has 1 aliphatic heterocycles. The summed E-state index contributed by atoms with van der Waals surface area (Å²) in [7, 11) is 1.75. The van der Waals surface area contributed by atoms with Crippen LogP contribution < -0.4 is 4.74 Å². The van der Waals surface area contributed by atoms with Gasteiger partial charge in [0.15, 0.2) is 5.69 Å². The predicted molar refractivity (Wildman–Crippen MR) is 102 cm³/mol. The lowest BCUT2D eigenvalue weighted by Crippen LogP contribution is -2.36. The molecule has 1 unspecified atom stereocenters. The smallest absolute Gasteiger partial charge is 0.275 e. The maximum atomic E-state index is 12.7. The van der Waals surface area contributed by atoms with Crippen molar-refractivity contribution in [1.82, 2.24) is 19.9 Å². The van der Waals surface area contributed by atoms with Gasteiger partial charge in [0, 0.05) is 18.5 Å². The number of halogens is 1. The van der Waals surface area contributed by atoms with Crippen molar-refractivity contribution in [1.29, 1.82) is 0 Å². The zero-order chi connectivity index (χ0) is 18.8. The lowest BCUT2D eigenvalue weighted by atomic mass is 10.1. The molecule has 6 nitrogen and oxygen atoms in total. The van der Waals surface area contributed by atoms with Gasteiger partial charge in [-0.1, -0.05) is 47.1 Å². The number of amides is 1. The molecular formula is C20H19ClN4O2. The zero-order valence-electron chi connectivity index (χ0n) is 14.9. The van der Waals surface area contributed by atoms with E-state index in [1.165, 1.54) is 5.56 Å². The van der Waals surface area contributed by atoms with Crippen molar-refractivity contribution in [3.63, 3.8) is 0 Å². The number of fused-ring (bicyclic) bond motifs is 1. The van der Waals surface area contributed by atoms with Crippen LogP contribution in [0.2, 0.25) is 5.02 Å². The molecule has 1 aromatic heterocycles. The lowest BCUT2D eigenvalue weighted by Gasteiger charge is -2.20. The Bertz CT molecular complexity index is 947. The Morgan fingerprint density at radius 2 is 2.15 bits per heavy atom. The molecule has 0 spiro atoms. The normalized spacial score (nSPS) is 15.3. The van der Waals surface area contributed by atoms with Crippen LogP contribution in [0.3, 0.4) is 0 Å². The number of para-hydroxylation sites is 1. The standard InChI is InChI=1S/C20H19ClN4O2/c1-24(12-17-10-15-6-2-3-8-19(15)27-17)20(26)18-13-25(23-22-18)11-14-5-4-7-16(21)9-14/h2-9,13,17H,10-12H2,1H3. The molecular weight excluding hydrogens is 364 g/mol. The predicted octanol–water partition coefficient (Wildman–Crippen LogP) is 3.06. The van der Waals surface area contributed by atoms with E-state index in [1.807, 2.05) is 42.5 Å². The van der Waals surface area contributed by atoms with Crippen LogP contribution in [0.15, 0.2) is 54.7 Å². The third-order valence-corrected chi connectivity index (χ3v) is 4.76. The first-order chi connectivity index (χ1) is 13.1. The van der Waals surface area contributed by atoms with E-state index in [4.69, 9.17) is 16.3 Å². The van der Waals surface area contributed by atoms with Crippen LogP contribution in [-0.2, 0) is 13.0 Å². The van der Waals surface area contributed by atoms with Gasteiger partial charge in [0.25, 0.3) is 5.91 Å². The summed E-state index contributed by atoms with van der Waals surface area (Å²) in [5, 5.41) is 8.74. The van der Waals surface area contributed by atoms with Crippen molar-refractivity contribution in [2.24, 2.45) is 0 Å². The highest BCUT2D eigenvalue weighted by Crippen LogP contribution is 2.28. The van der Waals surface area contributed by atoms with Crippen molar-refractivity contribution in [2.45, 2.75) is 19.1 Å². The Labute approximate surface area is 162 Å². The van der Waals surface area contributed by atoms with Gasteiger partial charge in [0.2, 0.25) is 0 Å². The first kappa shape index (κ1) is 17.5. The number of likely N-dealkylation sites (N-methyl/N-ethyl adjacent to an activating group) is 1. The minimum atomic E-state index is -0.174. The van der Waals surface area contributed by atoms with Gasteiger partial charge in [-0.2, -0.15) is 0 Å². The summed E-state index contributed by atoms with van der Waals surface area (Å²) in [6.45, 7) is 1.00. The van der Waals surface area contributed by atoms with E-state index in [2.05, 4.69) is 16.4 Å². The Morgan fingerprint density at radius 3 is 2.96 bits per heavy atom. The second-order valence-corrected chi connectivity index (χ2v) is 7.11. The molecule has 2 aromatic carbocycles. The lowest BCUT2D eigenvalue weighted by molar-refractivity contribution is 0.0724. The Balaban J connectivity index is 1.37. The van der Waals surface area contributed by atoms with E-state index in [0.717, 1.165) is 17.7 Å². The number of hydrogen-bond donors (Lipinski definition) is 0. The minimum Gasteiger partial charge on any atom is -0.488 e. The number of rotatable bonds is 5. The van der Waals surface area contributed by atoms with Gasteiger partial charge < -0.3 is 9.64 Å². The van der Waals surface area contributed by atoms with Crippen LogP contribution in [0.25, 0.3) is 0 Å². The number of carbonyl (C=O) groups is 1. The molecule has 0 saturated heterocycles. The molecule has 1 aliphatic rings. The van der Waals surface area contributed by atoms with Gasteiger partial charge in [-0.05, 0) is 29.3 Å². The highest BCUT2D eigenvalue weighted by molar-refractivity contribution is 6.30. The fourth-order valence-corrected chi connectivity index (χ4v) is 3.45. The van der Waals surface area contributed by atoms with Crippen molar-refractivity contribution < 1.29 is 9.53 Å². The van der Waals surface area contributed by atoms with E-state index in [9.17, 15) is 4.79 Å². The van der Waals surface area contributed by atoms with Gasteiger partial charge in [0.1, 0.15) is 11.9 Å². The number of ether oxygens (including phenoxy) is 1.